The van der Waals surface area contributed by atoms with Crippen LogP contribution in [0.15, 0.2) is 21.2 Å². The normalized spacial score (nSPS) is 18.0. The van der Waals surface area contributed by atoms with Gasteiger partial charge in [-0.2, -0.15) is 0 Å². The lowest BCUT2D eigenvalue weighted by Gasteiger charge is -2.14. The Morgan fingerprint density at radius 1 is 1.53 bits per heavy atom. The van der Waals surface area contributed by atoms with Crippen LogP contribution >= 0.6 is 15.9 Å². The Hall–Kier alpha value is -0.280. The molecule has 1 aliphatic carbocycles. The van der Waals surface area contributed by atoms with Gasteiger partial charge in [-0.15, -0.1) is 0 Å². The lowest BCUT2D eigenvalue weighted by molar-refractivity contribution is 0.380. The van der Waals surface area contributed by atoms with Gasteiger partial charge < -0.3 is 9.73 Å². The van der Waals surface area contributed by atoms with Crippen LogP contribution in [0.3, 0.4) is 0 Å². The van der Waals surface area contributed by atoms with Gasteiger partial charge >= 0.3 is 0 Å². The average molecular weight is 272 g/mol. The van der Waals surface area contributed by atoms with Crippen LogP contribution < -0.4 is 5.32 Å². The summed E-state index contributed by atoms with van der Waals surface area (Å²) < 4.78 is 6.43. The van der Waals surface area contributed by atoms with Crippen LogP contribution in [0, 0.1) is 5.92 Å². The van der Waals surface area contributed by atoms with Crippen LogP contribution in [0.2, 0.25) is 0 Å². The summed E-state index contributed by atoms with van der Waals surface area (Å²) in [5.74, 6) is 2.05. The van der Waals surface area contributed by atoms with Crippen LogP contribution in [0.4, 0.5) is 0 Å². The molecule has 15 heavy (non-hydrogen) atoms. The predicted molar refractivity (Wildman–Crippen MR) is 64.8 cm³/mol. The van der Waals surface area contributed by atoms with E-state index in [4.69, 9.17) is 4.42 Å². The Labute approximate surface area is 99.6 Å². The van der Waals surface area contributed by atoms with E-state index in [0.717, 1.165) is 22.9 Å². The fourth-order valence-corrected chi connectivity index (χ4v) is 2.23. The van der Waals surface area contributed by atoms with Crippen molar-refractivity contribution in [3.8, 4) is 0 Å². The molecule has 1 fully saturated rings. The minimum absolute atomic E-state index is 0.391. The van der Waals surface area contributed by atoms with E-state index >= 15 is 0 Å². The molecule has 1 saturated carbocycles. The lowest BCUT2D eigenvalue weighted by atomic mass is 10.1. The second-order valence-electron chi connectivity index (χ2n) is 4.27. The summed E-state index contributed by atoms with van der Waals surface area (Å²) in [5.41, 5.74) is 0. The number of rotatable bonds is 6. The highest BCUT2D eigenvalue weighted by atomic mass is 79.9. The smallest absolute Gasteiger partial charge is 0.169 e. The maximum Gasteiger partial charge on any atom is 0.169 e. The van der Waals surface area contributed by atoms with Gasteiger partial charge in [-0.05, 0) is 53.4 Å². The van der Waals surface area contributed by atoms with Crippen molar-refractivity contribution in [2.45, 2.75) is 38.6 Å². The van der Waals surface area contributed by atoms with E-state index < -0.39 is 0 Å². The molecule has 0 amide bonds. The first-order valence-corrected chi connectivity index (χ1v) is 6.57. The summed E-state index contributed by atoms with van der Waals surface area (Å²) in [5, 5.41) is 3.48. The summed E-state index contributed by atoms with van der Waals surface area (Å²) in [6.07, 6.45) is 5.38. The largest absolute Gasteiger partial charge is 0.453 e. The first-order chi connectivity index (χ1) is 7.29. The molecule has 0 aromatic carbocycles. The minimum atomic E-state index is 0.391. The van der Waals surface area contributed by atoms with E-state index in [0.29, 0.717) is 6.04 Å². The summed E-state index contributed by atoms with van der Waals surface area (Å²) >= 11 is 3.35. The Morgan fingerprint density at radius 2 is 2.33 bits per heavy atom. The molecule has 0 saturated heterocycles. The average Bonchev–Trinajstić information content (AvgIpc) is 2.95. The SMILES string of the molecule is CCNC(CCC1CC1)c1ccc(Br)o1. The zero-order valence-electron chi connectivity index (χ0n) is 9.13. The van der Waals surface area contributed by atoms with Crippen molar-refractivity contribution in [1.29, 1.82) is 0 Å². The van der Waals surface area contributed by atoms with Crippen molar-refractivity contribution in [3.05, 3.63) is 22.6 Å². The van der Waals surface area contributed by atoms with Crippen molar-refractivity contribution >= 4 is 15.9 Å². The van der Waals surface area contributed by atoms with Crippen LogP contribution in [0.25, 0.3) is 0 Å². The maximum atomic E-state index is 5.61. The van der Waals surface area contributed by atoms with E-state index in [2.05, 4.69) is 34.2 Å². The van der Waals surface area contributed by atoms with Gasteiger partial charge in [0.1, 0.15) is 5.76 Å². The van der Waals surface area contributed by atoms with E-state index in [1.165, 1.54) is 25.7 Å². The first kappa shape index (κ1) is 11.2. The van der Waals surface area contributed by atoms with E-state index in [-0.39, 0.29) is 0 Å². The molecule has 1 N–H and O–H groups in total. The molecule has 1 aromatic heterocycles. The molecule has 84 valence electrons. The Morgan fingerprint density at radius 3 is 2.87 bits per heavy atom. The molecule has 0 aliphatic heterocycles. The van der Waals surface area contributed by atoms with Gasteiger partial charge in [0.15, 0.2) is 4.67 Å². The molecule has 1 aromatic rings. The Kier molecular flexibility index (Phi) is 3.87. The second-order valence-corrected chi connectivity index (χ2v) is 5.05. The molecule has 1 unspecified atom stereocenters. The minimum Gasteiger partial charge on any atom is -0.453 e. The van der Waals surface area contributed by atoms with Crippen LogP contribution in [-0.2, 0) is 0 Å². The van der Waals surface area contributed by atoms with E-state index in [1.54, 1.807) is 0 Å². The predicted octanol–water partition coefficient (Wildman–Crippen LogP) is 3.88. The van der Waals surface area contributed by atoms with Gasteiger partial charge in [-0.3, -0.25) is 0 Å². The third-order valence-electron chi connectivity index (χ3n) is 2.95. The van der Waals surface area contributed by atoms with Crippen LogP contribution in [0.1, 0.15) is 44.4 Å². The highest BCUT2D eigenvalue weighted by Gasteiger charge is 2.23. The van der Waals surface area contributed by atoms with Gasteiger partial charge in [-0.25, -0.2) is 0 Å². The number of hydrogen-bond acceptors (Lipinski definition) is 2. The molecule has 0 spiro atoms. The van der Waals surface area contributed by atoms with Crippen molar-refractivity contribution in [2.75, 3.05) is 6.54 Å². The molecule has 3 heteroatoms. The molecule has 1 aliphatic rings. The zero-order valence-corrected chi connectivity index (χ0v) is 10.7. The van der Waals surface area contributed by atoms with Gasteiger partial charge in [-0.1, -0.05) is 19.8 Å². The van der Waals surface area contributed by atoms with Crippen molar-refractivity contribution < 1.29 is 4.42 Å². The summed E-state index contributed by atoms with van der Waals surface area (Å²) in [4.78, 5) is 0. The lowest BCUT2D eigenvalue weighted by Crippen LogP contribution is -2.20. The van der Waals surface area contributed by atoms with Crippen molar-refractivity contribution in [2.24, 2.45) is 5.92 Å². The molecular weight excluding hydrogens is 254 g/mol. The standard InChI is InChI=1S/C12H18BrNO/c1-2-14-10(6-5-9-3-4-9)11-7-8-12(13)15-11/h7-10,14H,2-6H2,1H3. The van der Waals surface area contributed by atoms with E-state index in [1.807, 2.05) is 6.07 Å². The molecular formula is C12H18BrNO. The highest BCUT2D eigenvalue weighted by molar-refractivity contribution is 9.10. The van der Waals surface area contributed by atoms with Crippen molar-refractivity contribution in [1.82, 2.24) is 5.32 Å². The van der Waals surface area contributed by atoms with Gasteiger partial charge in [0.05, 0.1) is 6.04 Å². The monoisotopic (exact) mass is 271 g/mol. The summed E-state index contributed by atoms with van der Waals surface area (Å²) in [6, 6.07) is 4.42. The zero-order chi connectivity index (χ0) is 10.7. The number of furan rings is 1. The topological polar surface area (TPSA) is 25.2 Å². The van der Waals surface area contributed by atoms with E-state index in [9.17, 15) is 0 Å². The van der Waals surface area contributed by atoms with Gasteiger partial charge in [0, 0.05) is 0 Å². The molecule has 2 nitrogen and oxygen atoms in total. The number of hydrogen-bond donors (Lipinski definition) is 1. The fourth-order valence-electron chi connectivity index (χ4n) is 1.92. The van der Waals surface area contributed by atoms with Crippen LogP contribution in [-0.4, -0.2) is 6.54 Å². The third kappa shape index (κ3) is 3.35. The fraction of sp³-hybridized carbons (Fsp3) is 0.667. The quantitative estimate of drug-likeness (QED) is 0.850. The van der Waals surface area contributed by atoms with Gasteiger partial charge in [0.2, 0.25) is 0 Å². The van der Waals surface area contributed by atoms with Crippen molar-refractivity contribution in [3.63, 3.8) is 0 Å². The molecule has 2 rings (SSSR count). The maximum absolute atomic E-state index is 5.61. The molecule has 1 atom stereocenters. The molecule has 1 heterocycles. The first-order valence-electron chi connectivity index (χ1n) is 5.78. The summed E-state index contributed by atoms with van der Waals surface area (Å²) in [7, 11) is 0. The molecule has 0 radical (unpaired) electrons. The summed E-state index contributed by atoms with van der Waals surface area (Å²) in [6.45, 7) is 3.13. The van der Waals surface area contributed by atoms with Gasteiger partial charge in [0.25, 0.3) is 0 Å². The highest BCUT2D eigenvalue weighted by Crippen LogP contribution is 2.36. The Bertz CT molecular complexity index is 306. The number of nitrogens with one attached hydrogen (secondary N) is 1. The van der Waals surface area contributed by atoms with Crippen LogP contribution in [0.5, 0.6) is 0 Å². The molecule has 0 bridgehead atoms. The third-order valence-corrected chi connectivity index (χ3v) is 3.37. The second kappa shape index (κ2) is 5.17. The Balaban J connectivity index is 1.91. The number of halogens is 1.